The Balaban J connectivity index is 1.60. The summed E-state index contributed by atoms with van der Waals surface area (Å²) in [5.74, 6) is -1.02. The van der Waals surface area contributed by atoms with E-state index in [1.807, 2.05) is 0 Å². The average molecular weight is 536 g/mol. The summed E-state index contributed by atoms with van der Waals surface area (Å²) in [4.78, 5) is 35.9. The molecule has 4 rings (SSSR count). The minimum atomic E-state index is -4.79. The highest BCUT2D eigenvalue weighted by molar-refractivity contribution is 8.04. The number of hydrogen-bond donors (Lipinski definition) is 4. The van der Waals surface area contributed by atoms with E-state index in [2.05, 4.69) is 30.9 Å². The number of sulfonamides is 1. The van der Waals surface area contributed by atoms with Crippen molar-refractivity contribution in [3.05, 3.63) is 59.4 Å². The van der Waals surface area contributed by atoms with Gasteiger partial charge in [0, 0.05) is 42.9 Å². The van der Waals surface area contributed by atoms with Crippen LogP contribution in [0.2, 0.25) is 0 Å². The summed E-state index contributed by atoms with van der Waals surface area (Å²) < 4.78 is 63.8. The van der Waals surface area contributed by atoms with Gasteiger partial charge in [-0.1, -0.05) is 6.07 Å². The fourth-order valence-corrected chi connectivity index (χ4v) is 4.02. The van der Waals surface area contributed by atoms with Gasteiger partial charge in [-0.25, -0.2) is 23.5 Å². The van der Waals surface area contributed by atoms with Crippen molar-refractivity contribution in [3.63, 3.8) is 0 Å². The number of nitrogens with zero attached hydrogens (tertiary/aromatic N) is 4. The molecule has 0 bridgehead atoms. The molecular weight excluding hydrogens is 517 g/mol. The second-order valence-corrected chi connectivity index (χ2v) is 9.32. The highest BCUT2D eigenvalue weighted by atomic mass is 32.2. The standard InChI is InChI=1S/C21H19F3N8O4S/c1-32(20(34)37(25,35)36)18-11(3-2-6-26-18)9-27-17-14(21(22,23)24)10-28-19(31-17)29-13-4-5-15-12(7-13)8-16(33)30-15/h2-7,10H,8-9H2,1H3,(H,30,33)(H2,25,35,36)(H2,27,28,29,31). The van der Waals surface area contributed by atoms with Crippen LogP contribution in [0.5, 0.6) is 0 Å². The van der Waals surface area contributed by atoms with Crippen molar-refractivity contribution in [2.24, 2.45) is 5.14 Å². The first kappa shape index (κ1) is 25.8. The summed E-state index contributed by atoms with van der Waals surface area (Å²) in [6.45, 7) is -0.308. The molecule has 2 amide bonds. The van der Waals surface area contributed by atoms with Gasteiger partial charge in [0.1, 0.15) is 17.2 Å². The second-order valence-electron chi connectivity index (χ2n) is 7.89. The highest BCUT2D eigenvalue weighted by Gasteiger charge is 2.35. The molecule has 3 heterocycles. The molecule has 0 saturated heterocycles. The van der Waals surface area contributed by atoms with Crippen LogP contribution in [-0.2, 0) is 34.0 Å². The summed E-state index contributed by atoms with van der Waals surface area (Å²) in [6.07, 6.45) is -2.74. The van der Waals surface area contributed by atoms with Gasteiger partial charge >= 0.3 is 11.4 Å². The van der Waals surface area contributed by atoms with Crippen LogP contribution in [0.25, 0.3) is 0 Å². The molecule has 1 aliphatic heterocycles. The van der Waals surface area contributed by atoms with E-state index in [1.165, 1.54) is 18.3 Å². The van der Waals surface area contributed by atoms with Crippen molar-refractivity contribution in [1.29, 1.82) is 0 Å². The molecule has 3 aromatic rings. The molecule has 5 N–H and O–H groups in total. The van der Waals surface area contributed by atoms with Crippen LogP contribution in [0.4, 0.5) is 46.9 Å². The predicted octanol–water partition coefficient (Wildman–Crippen LogP) is 2.59. The maximum Gasteiger partial charge on any atom is 0.421 e. The average Bonchev–Trinajstić information content (AvgIpc) is 3.20. The number of primary sulfonamides is 1. The van der Waals surface area contributed by atoms with Crippen LogP contribution < -0.4 is 26.0 Å². The third kappa shape index (κ3) is 5.75. The molecule has 0 aliphatic carbocycles. The molecule has 0 unspecified atom stereocenters. The third-order valence-electron chi connectivity index (χ3n) is 5.23. The number of halogens is 3. The Morgan fingerprint density at radius 1 is 1.24 bits per heavy atom. The summed E-state index contributed by atoms with van der Waals surface area (Å²) in [5.41, 5.74) is 0.853. The zero-order chi connectivity index (χ0) is 27.0. The van der Waals surface area contributed by atoms with Gasteiger partial charge in [0.05, 0.1) is 6.42 Å². The van der Waals surface area contributed by atoms with E-state index in [1.54, 1.807) is 18.2 Å². The number of nitrogens with one attached hydrogen (secondary N) is 3. The molecule has 1 aromatic carbocycles. The van der Waals surface area contributed by atoms with E-state index in [-0.39, 0.29) is 36.2 Å². The summed E-state index contributed by atoms with van der Waals surface area (Å²) in [6, 6.07) is 7.81. The van der Waals surface area contributed by atoms with Crippen molar-refractivity contribution in [2.75, 3.05) is 27.9 Å². The number of alkyl halides is 3. The molecule has 1 aliphatic rings. The number of nitrogens with two attached hydrogens (primary N) is 1. The Kier molecular flexibility index (Phi) is 6.70. The van der Waals surface area contributed by atoms with Gasteiger partial charge in [0.25, 0.3) is 10.0 Å². The number of amides is 2. The number of aromatic nitrogens is 3. The van der Waals surface area contributed by atoms with Crippen LogP contribution in [-0.4, -0.2) is 41.6 Å². The number of hydrogen-bond acceptors (Lipinski definition) is 9. The van der Waals surface area contributed by atoms with Gasteiger partial charge in [-0.05, 0) is 29.8 Å². The fourth-order valence-electron chi connectivity index (χ4n) is 3.55. The Morgan fingerprint density at radius 3 is 2.70 bits per heavy atom. The van der Waals surface area contributed by atoms with Crippen LogP contribution in [0.15, 0.2) is 42.7 Å². The van der Waals surface area contributed by atoms with Crippen molar-refractivity contribution in [2.45, 2.75) is 19.1 Å². The minimum absolute atomic E-state index is 0.128. The lowest BCUT2D eigenvalue weighted by Gasteiger charge is -2.19. The lowest BCUT2D eigenvalue weighted by atomic mass is 10.1. The molecule has 0 atom stereocenters. The van der Waals surface area contributed by atoms with Gasteiger partial charge in [-0.15, -0.1) is 0 Å². The number of carbonyl (C=O) groups is 2. The monoisotopic (exact) mass is 536 g/mol. The van der Waals surface area contributed by atoms with Gasteiger partial charge in [0.2, 0.25) is 11.9 Å². The second kappa shape index (κ2) is 9.62. The maximum atomic E-state index is 13.6. The van der Waals surface area contributed by atoms with E-state index >= 15 is 0 Å². The van der Waals surface area contributed by atoms with E-state index in [4.69, 9.17) is 5.14 Å². The lowest BCUT2D eigenvalue weighted by molar-refractivity contribution is -0.137. The van der Waals surface area contributed by atoms with Crippen LogP contribution in [0.1, 0.15) is 16.7 Å². The molecule has 2 aromatic heterocycles. The Bertz CT molecular complexity index is 1500. The predicted molar refractivity (Wildman–Crippen MR) is 128 cm³/mol. The summed E-state index contributed by atoms with van der Waals surface area (Å²) in [7, 11) is -3.46. The molecule has 194 valence electrons. The molecule has 12 nitrogen and oxygen atoms in total. The van der Waals surface area contributed by atoms with Gasteiger partial charge in [-0.2, -0.15) is 18.2 Å². The summed E-state index contributed by atoms with van der Waals surface area (Å²) in [5, 5.41) is 11.5. The molecule has 0 fully saturated rings. The Morgan fingerprint density at radius 2 is 2.00 bits per heavy atom. The number of rotatable bonds is 6. The summed E-state index contributed by atoms with van der Waals surface area (Å²) >= 11 is 0. The van der Waals surface area contributed by atoms with E-state index in [0.29, 0.717) is 28.0 Å². The first-order chi connectivity index (χ1) is 17.3. The molecule has 16 heteroatoms. The quantitative estimate of drug-likeness (QED) is 0.369. The normalized spacial score (nSPS) is 13.1. The molecule has 0 radical (unpaired) electrons. The Hall–Kier alpha value is -4.31. The zero-order valence-corrected chi connectivity index (χ0v) is 19.8. The number of pyridine rings is 1. The number of fused-ring (bicyclic) bond motifs is 1. The first-order valence-electron chi connectivity index (χ1n) is 10.4. The first-order valence-corrected chi connectivity index (χ1v) is 12.0. The van der Waals surface area contributed by atoms with Crippen molar-refractivity contribution < 1.29 is 31.2 Å². The molecule has 0 saturated carbocycles. The van der Waals surface area contributed by atoms with Crippen molar-refractivity contribution in [3.8, 4) is 0 Å². The van der Waals surface area contributed by atoms with Gasteiger partial charge < -0.3 is 16.0 Å². The molecule has 0 spiro atoms. The smallest absolute Gasteiger partial charge is 0.365 e. The maximum absolute atomic E-state index is 13.6. The van der Waals surface area contributed by atoms with Crippen molar-refractivity contribution in [1.82, 2.24) is 15.0 Å². The van der Waals surface area contributed by atoms with Crippen LogP contribution >= 0.6 is 0 Å². The highest BCUT2D eigenvalue weighted by Crippen LogP contribution is 2.35. The van der Waals surface area contributed by atoms with Gasteiger partial charge in [0.15, 0.2) is 0 Å². The van der Waals surface area contributed by atoms with Crippen LogP contribution in [0.3, 0.4) is 0 Å². The number of benzene rings is 1. The zero-order valence-electron chi connectivity index (χ0n) is 19.0. The largest absolute Gasteiger partial charge is 0.421 e. The Labute approximate surface area is 208 Å². The topological polar surface area (TPSA) is 172 Å². The third-order valence-corrected chi connectivity index (χ3v) is 5.99. The lowest BCUT2D eigenvalue weighted by Crippen LogP contribution is -2.37. The molecular formula is C21H19F3N8O4S. The van der Waals surface area contributed by atoms with E-state index < -0.39 is 32.8 Å². The number of anilines is 5. The number of carbonyl (C=O) groups excluding carboxylic acids is 2. The van der Waals surface area contributed by atoms with Gasteiger partial charge in [-0.3, -0.25) is 14.5 Å². The molecule has 37 heavy (non-hydrogen) atoms. The fraction of sp³-hybridized carbons (Fsp3) is 0.190. The van der Waals surface area contributed by atoms with Crippen molar-refractivity contribution >= 4 is 50.1 Å². The minimum Gasteiger partial charge on any atom is -0.365 e. The van der Waals surface area contributed by atoms with E-state index in [9.17, 15) is 31.2 Å². The van der Waals surface area contributed by atoms with Crippen LogP contribution in [0, 0.1) is 0 Å². The van der Waals surface area contributed by atoms with E-state index in [0.717, 1.165) is 7.05 Å². The SMILES string of the molecule is CN(C(=O)S(N)(=O)=O)c1ncccc1CNc1nc(Nc2ccc3c(c2)CC(=O)N3)ncc1C(F)(F)F.